The van der Waals surface area contributed by atoms with Gasteiger partial charge >= 0.3 is 0 Å². The molecule has 0 spiro atoms. The van der Waals surface area contributed by atoms with Crippen molar-refractivity contribution in [3.05, 3.63) is 130 Å². The summed E-state index contributed by atoms with van der Waals surface area (Å²) in [7, 11) is -3.88. The van der Waals surface area contributed by atoms with Crippen molar-refractivity contribution < 1.29 is 22.7 Å². The topological polar surface area (TPSA) is 96.0 Å². The van der Waals surface area contributed by atoms with Gasteiger partial charge in [-0.25, -0.2) is 8.42 Å². The van der Waals surface area contributed by atoms with E-state index in [1.807, 2.05) is 98.8 Å². The predicted molar refractivity (Wildman–Crippen MR) is 186 cm³/mol. The number of hydrogen-bond donors (Lipinski definition) is 1. The maximum Gasteiger partial charge on any atom is 0.244 e. The zero-order valence-electron chi connectivity index (χ0n) is 26.3. The molecular formula is C36H40BrN3O5S. The second-order valence-electron chi connectivity index (χ2n) is 11.2. The molecule has 0 bridgehead atoms. The normalized spacial score (nSPS) is 12.5. The minimum Gasteiger partial charge on any atom is -0.489 e. The highest BCUT2D eigenvalue weighted by Crippen LogP contribution is 2.24. The minimum atomic E-state index is -3.88. The first-order valence-corrected chi connectivity index (χ1v) is 17.8. The number of amides is 2. The van der Waals surface area contributed by atoms with Crippen LogP contribution < -0.4 is 14.4 Å². The number of hydrogen-bond acceptors (Lipinski definition) is 5. The largest absolute Gasteiger partial charge is 0.489 e. The second kappa shape index (κ2) is 16.4. The number of ether oxygens (including phenoxy) is 1. The van der Waals surface area contributed by atoms with E-state index >= 15 is 0 Å². The third kappa shape index (κ3) is 10.2. The standard InChI is InChI=1S/C36H40BrN3O5S/c1-4-27(2)38-36(42)34(23-28-11-7-5-8-12-28)39(24-29-15-17-31(37)18-16-29)35(41)25-40(46(3,43)44)32-19-21-33(22-20-32)45-26-30-13-9-6-10-14-30/h5-22,27,34H,4,23-26H2,1-3H3,(H,38,42)/t27-,34+/m0/s1. The monoisotopic (exact) mass is 705 g/mol. The number of nitrogens with one attached hydrogen (secondary N) is 1. The van der Waals surface area contributed by atoms with Gasteiger partial charge in [-0.2, -0.15) is 0 Å². The van der Waals surface area contributed by atoms with Crippen molar-refractivity contribution in [3.8, 4) is 5.75 Å². The SMILES string of the molecule is CC[C@H](C)NC(=O)[C@@H](Cc1ccccc1)N(Cc1ccc(Br)cc1)C(=O)CN(c1ccc(OCc2ccccc2)cc1)S(C)(=O)=O. The smallest absolute Gasteiger partial charge is 0.244 e. The quantitative estimate of drug-likeness (QED) is 0.156. The third-order valence-corrected chi connectivity index (χ3v) is 9.26. The van der Waals surface area contributed by atoms with E-state index in [0.717, 1.165) is 38.1 Å². The Kier molecular flexibility index (Phi) is 12.4. The van der Waals surface area contributed by atoms with Gasteiger partial charge in [0.05, 0.1) is 11.9 Å². The summed E-state index contributed by atoms with van der Waals surface area (Å²) < 4.78 is 34.0. The summed E-state index contributed by atoms with van der Waals surface area (Å²) in [5, 5.41) is 3.04. The molecule has 2 atom stereocenters. The van der Waals surface area contributed by atoms with Gasteiger partial charge in [-0.15, -0.1) is 0 Å². The minimum absolute atomic E-state index is 0.106. The summed E-state index contributed by atoms with van der Waals surface area (Å²) in [6.45, 7) is 3.88. The lowest BCUT2D eigenvalue weighted by molar-refractivity contribution is -0.140. The van der Waals surface area contributed by atoms with Crippen molar-refractivity contribution in [1.29, 1.82) is 0 Å². The van der Waals surface area contributed by atoms with Crippen molar-refractivity contribution in [2.75, 3.05) is 17.1 Å². The lowest BCUT2D eigenvalue weighted by Crippen LogP contribution is -2.54. The van der Waals surface area contributed by atoms with Crippen LogP contribution in [0.4, 0.5) is 5.69 Å². The molecule has 0 aliphatic rings. The number of carbonyl (C=O) groups excluding carboxylic acids is 2. The van der Waals surface area contributed by atoms with Crippen molar-refractivity contribution in [2.24, 2.45) is 0 Å². The van der Waals surface area contributed by atoms with Gasteiger partial charge in [0.1, 0.15) is 24.9 Å². The number of nitrogens with zero attached hydrogens (tertiary/aromatic N) is 2. The molecule has 0 aliphatic carbocycles. The average molecular weight is 707 g/mol. The highest BCUT2D eigenvalue weighted by molar-refractivity contribution is 9.10. The lowest BCUT2D eigenvalue weighted by Gasteiger charge is -2.34. The van der Waals surface area contributed by atoms with Crippen LogP contribution in [0.25, 0.3) is 0 Å². The van der Waals surface area contributed by atoms with E-state index < -0.39 is 28.5 Å². The third-order valence-electron chi connectivity index (χ3n) is 7.59. The fourth-order valence-electron chi connectivity index (χ4n) is 4.84. The summed E-state index contributed by atoms with van der Waals surface area (Å²) in [5.74, 6) is -0.235. The van der Waals surface area contributed by atoms with Crippen LogP contribution in [0.5, 0.6) is 5.75 Å². The van der Waals surface area contributed by atoms with E-state index in [-0.39, 0.29) is 24.9 Å². The molecule has 8 nitrogen and oxygen atoms in total. The van der Waals surface area contributed by atoms with Crippen molar-refractivity contribution in [2.45, 2.75) is 51.9 Å². The van der Waals surface area contributed by atoms with Gasteiger partial charge in [0.25, 0.3) is 0 Å². The van der Waals surface area contributed by atoms with Crippen LogP contribution in [-0.4, -0.2) is 50.0 Å². The first-order chi connectivity index (χ1) is 22.0. The second-order valence-corrected chi connectivity index (χ2v) is 14.0. The number of benzene rings is 4. The molecule has 0 aromatic heterocycles. The van der Waals surface area contributed by atoms with Crippen LogP contribution in [0, 0.1) is 0 Å². The molecule has 0 aliphatic heterocycles. The Hall–Kier alpha value is -4.15. The molecule has 1 N–H and O–H groups in total. The van der Waals surface area contributed by atoms with Crippen molar-refractivity contribution in [3.63, 3.8) is 0 Å². The number of anilines is 1. The fourth-order valence-corrected chi connectivity index (χ4v) is 5.96. The Bertz CT molecular complexity index is 1670. The zero-order valence-corrected chi connectivity index (χ0v) is 28.7. The molecule has 2 amide bonds. The van der Waals surface area contributed by atoms with Gasteiger partial charge < -0.3 is 15.0 Å². The Balaban J connectivity index is 1.64. The fraction of sp³-hybridized carbons (Fsp3) is 0.278. The molecule has 0 radical (unpaired) electrons. The van der Waals surface area contributed by atoms with Crippen LogP contribution in [0.1, 0.15) is 37.0 Å². The Labute approximate surface area is 280 Å². The number of halogens is 1. The van der Waals surface area contributed by atoms with E-state index in [1.165, 1.54) is 4.90 Å². The molecule has 4 aromatic carbocycles. The van der Waals surface area contributed by atoms with E-state index in [4.69, 9.17) is 4.74 Å². The number of sulfonamides is 1. The molecule has 0 unspecified atom stereocenters. The maximum atomic E-state index is 14.3. The predicted octanol–water partition coefficient (Wildman–Crippen LogP) is 6.35. The number of carbonyl (C=O) groups is 2. The van der Waals surface area contributed by atoms with Gasteiger partial charge in [-0.1, -0.05) is 95.7 Å². The van der Waals surface area contributed by atoms with E-state index in [2.05, 4.69) is 21.2 Å². The molecule has 0 saturated heterocycles. The van der Waals surface area contributed by atoms with Crippen LogP contribution >= 0.6 is 15.9 Å². The molecule has 242 valence electrons. The molecule has 10 heteroatoms. The molecule has 46 heavy (non-hydrogen) atoms. The van der Waals surface area contributed by atoms with Gasteiger partial charge in [0.15, 0.2) is 0 Å². The maximum absolute atomic E-state index is 14.3. The Morgan fingerprint density at radius 2 is 1.41 bits per heavy atom. The molecule has 0 heterocycles. The highest BCUT2D eigenvalue weighted by atomic mass is 79.9. The zero-order chi connectivity index (χ0) is 33.1. The van der Waals surface area contributed by atoms with Gasteiger partial charge in [-0.3, -0.25) is 13.9 Å². The summed E-state index contributed by atoms with van der Waals surface area (Å²) in [4.78, 5) is 29.6. The molecule has 0 fully saturated rings. The van der Waals surface area contributed by atoms with Crippen LogP contribution in [0.15, 0.2) is 114 Å². The summed E-state index contributed by atoms with van der Waals surface area (Å²) in [5.41, 5.74) is 3.00. The van der Waals surface area contributed by atoms with Gasteiger partial charge in [0.2, 0.25) is 21.8 Å². The van der Waals surface area contributed by atoms with E-state index in [1.54, 1.807) is 24.3 Å². The van der Waals surface area contributed by atoms with Crippen LogP contribution in [0.2, 0.25) is 0 Å². The summed E-state index contributed by atoms with van der Waals surface area (Å²) >= 11 is 3.45. The van der Waals surface area contributed by atoms with Crippen molar-refractivity contribution in [1.82, 2.24) is 10.2 Å². The average Bonchev–Trinajstić information content (AvgIpc) is 3.05. The highest BCUT2D eigenvalue weighted by Gasteiger charge is 2.33. The van der Waals surface area contributed by atoms with Gasteiger partial charge in [-0.05, 0) is 66.4 Å². The van der Waals surface area contributed by atoms with E-state index in [9.17, 15) is 18.0 Å². The number of rotatable bonds is 15. The molecule has 4 rings (SSSR count). The molecular weight excluding hydrogens is 666 g/mol. The lowest BCUT2D eigenvalue weighted by atomic mass is 10.0. The van der Waals surface area contributed by atoms with Crippen molar-refractivity contribution >= 4 is 43.5 Å². The summed E-state index contributed by atoms with van der Waals surface area (Å²) in [6.07, 6.45) is 2.05. The van der Waals surface area contributed by atoms with Gasteiger partial charge in [0, 0.05) is 23.5 Å². The van der Waals surface area contributed by atoms with Crippen LogP contribution in [-0.2, 0) is 39.2 Å². The van der Waals surface area contributed by atoms with Crippen LogP contribution in [0.3, 0.4) is 0 Å². The molecule has 0 saturated carbocycles. The summed E-state index contributed by atoms with van der Waals surface area (Å²) in [6, 6.07) is 32.3. The molecule has 4 aromatic rings. The van der Waals surface area contributed by atoms with E-state index in [0.29, 0.717) is 18.0 Å². The first kappa shape index (κ1) is 34.7. The first-order valence-electron chi connectivity index (χ1n) is 15.2. The Morgan fingerprint density at radius 3 is 1.98 bits per heavy atom. The Morgan fingerprint density at radius 1 is 0.826 bits per heavy atom.